The van der Waals surface area contributed by atoms with Crippen LogP contribution in [0, 0.1) is 0 Å². The van der Waals surface area contributed by atoms with Gasteiger partial charge in [-0.2, -0.15) is 0 Å². The number of para-hydroxylation sites is 1. The highest BCUT2D eigenvalue weighted by Crippen LogP contribution is 2.44. The molecule has 0 N–H and O–H groups in total. The molecule has 42 heavy (non-hydrogen) atoms. The Morgan fingerprint density at radius 1 is 0.405 bits per heavy atom. The van der Waals surface area contributed by atoms with Crippen LogP contribution in [0.25, 0.3) is 55.0 Å². The van der Waals surface area contributed by atoms with Gasteiger partial charge in [0.25, 0.3) is 0 Å². The van der Waals surface area contributed by atoms with Crippen molar-refractivity contribution in [2.24, 2.45) is 0 Å². The summed E-state index contributed by atoms with van der Waals surface area (Å²) in [5, 5.41) is 4.71. The van der Waals surface area contributed by atoms with Gasteiger partial charge in [0.2, 0.25) is 0 Å². The monoisotopic (exact) mass is 537 g/mol. The predicted octanol–water partition coefficient (Wildman–Crippen LogP) is 11.5. The number of nitrogens with zero attached hydrogens (tertiary/aromatic N) is 1. The SMILES string of the molecule is c1ccc(-c2ccc(N(c3cccc(-c4cccc5ccccc45)c3)c3cccc4oc5ccccc5c34)cc2)cc1. The maximum atomic E-state index is 6.31. The number of hydrogen-bond donors (Lipinski definition) is 0. The first-order valence-electron chi connectivity index (χ1n) is 14.3. The number of furan rings is 1. The summed E-state index contributed by atoms with van der Waals surface area (Å²) in [4.78, 5) is 2.35. The van der Waals surface area contributed by atoms with Gasteiger partial charge in [-0.1, -0.05) is 121 Å². The number of rotatable bonds is 5. The number of fused-ring (bicyclic) bond motifs is 4. The van der Waals surface area contributed by atoms with E-state index in [0.29, 0.717) is 0 Å². The Labute approximate surface area is 244 Å². The van der Waals surface area contributed by atoms with Gasteiger partial charge in [0.1, 0.15) is 11.2 Å². The minimum Gasteiger partial charge on any atom is -0.456 e. The van der Waals surface area contributed by atoms with Crippen LogP contribution in [0.2, 0.25) is 0 Å². The summed E-state index contributed by atoms with van der Waals surface area (Å²) in [5.74, 6) is 0. The van der Waals surface area contributed by atoms with Gasteiger partial charge in [0.15, 0.2) is 0 Å². The molecule has 0 aliphatic heterocycles. The molecule has 0 saturated heterocycles. The molecular weight excluding hydrogens is 510 g/mol. The van der Waals surface area contributed by atoms with Crippen LogP contribution in [-0.2, 0) is 0 Å². The lowest BCUT2D eigenvalue weighted by Gasteiger charge is -2.27. The van der Waals surface area contributed by atoms with Gasteiger partial charge in [-0.3, -0.25) is 0 Å². The first-order valence-corrected chi connectivity index (χ1v) is 14.3. The van der Waals surface area contributed by atoms with E-state index in [4.69, 9.17) is 4.42 Å². The van der Waals surface area contributed by atoms with Gasteiger partial charge in [-0.05, 0) is 75.5 Å². The van der Waals surface area contributed by atoms with Crippen molar-refractivity contribution in [1.29, 1.82) is 0 Å². The van der Waals surface area contributed by atoms with E-state index in [-0.39, 0.29) is 0 Å². The molecule has 8 rings (SSSR count). The van der Waals surface area contributed by atoms with Crippen molar-refractivity contribution in [3.8, 4) is 22.3 Å². The Hall–Kier alpha value is -5.60. The Morgan fingerprint density at radius 3 is 1.93 bits per heavy atom. The summed E-state index contributed by atoms with van der Waals surface area (Å²) in [6, 6.07) is 58.0. The number of benzene rings is 7. The second kappa shape index (κ2) is 10.1. The maximum absolute atomic E-state index is 6.31. The summed E-state index contributed by atoms with van der Waals surface area (Å²) in [6.07, 6.45) is 0. The normalized spacial score (nSPS) is 11.3. The van der Waals surface area contributed by atoms with Gasteiger partial charge in [-0.25, -0.2) is 0 Å². The topological polar surface area (TPSA) is 16.4 Å². The molecule has 0 amide bonds. The zero-order chi connectivity index (χ0) is 27.9. The lowest BCUT2D eigenvalue weighted by molar-refractivity contribution is 0.669. The second-order valence-corrected chi connectivity index (χ2v) is 10.6. The van der Waals surface area contributed by atoms with Crippen LogP contribution in [0.5, 0.6) is 0 Å². The van der Waals surface area contributed by atoms with Crippen molar-refractivity contribution in [2.45, 2.75) is 0 Å². The minimum atomic E-state index is 0.879. The van der Waals surface area contributed by atoms with Crippen LogP contribution in [0.3, 0.4) is 0 Å². The molecule has 2 heteroatoms. The smallest absolute Gasteiger partial charge is 0.137 e. The quantitative estimate of drug-likeness (QED) is 0.217. The van der Waals surface area contributed by atoms with Crippen LogP contribution < -0.4 is 4.90 Å². The van der Waals surface area contributed by atoms with E-state index in [1.807, 2.05) is 12.1 Å². The lowest BCUT2D eigenvalue weighted by atomic mass is 9.97. The van der Waals surface area contributed by atoms with Crippen molar-refractivity contribution in [2.75, 3.05) is 4.90 Å². The van der Waals surface area contributed by atoms with Crippen LogP contribution >= 0.6 is 0 Å². The fraction of sp³-hybridized carbons (Fsp3) is 0. The van der Waals surface area contributed by atoms with Crippen molar-refractivity contribution < 1.29 is 4.42 Å². The number of hydrogen-bond acceptors (Lipinski definition) is 2. The summed E-state index contributed by atoms with van der Waals surface area (Å²) in [7, 11) is 0. The van der Waals surface area contributed by atoms with E-state index in [2.05, 4.69) is 157 Å². The molecule has 7 aromatic carbocycles. The molecule has 0 radical (unpaired) electrons. The maximum Gasteiger partial charge on any atom is 0.137 e. The molecule has 0 bridgehead atoms. The lowest BCUT2D eigenvalue weighted by Crippen LogP contribution is -2.10. The van der Waals surface area contributed by atoms with Crippen LogP contribution in [0.1, 0.15) is 0 Å². The molecule has 0 aliphatic rings. The third kappa shape index (κ3) is 4.13. The highest BCUT2D eigenvalue weighted by atomic mass is 16.3. The van der Waals surface area contributed by atoms with E-state index >= 15 is 0 Å². The Balaban J connectivity index is 1.35. The highest BCUT2D eigenvalue weighted by molar-refractivity contribution is 6.13. The summed E-state index contributed by atoms with van der Waals surface area (Å²) in [5.41, 5.74) is 9.83. The molecule has 1 heterocycles. The van der Waals surface area contributed by atoms with Crippen molar-refractivity contribution in [1.82, 2.24) is 0 Å². The van der Waals surface area contributed by atoms with E-state index in [9.17, 15) is 0 Å². The molecule has 198 valence electrons. The zero-order valence-corrected chi connectivity index (χ0v) is 22.9. The van der Waals surface area contributed by atoms with Crippen molar-refractivity contribution in [3.05, 3.63) is 164 Å². The predicted molar refractivity (Wildman–Crippen MR) is 177 cm³/mol. The van der Waals surface area contributed by atoms with Gasteiger partial charge in [0, 0.05) is 16.8 Å². The molecule has 0 unspecified atom stereocenters. The third-order valence-corrected chi connectivity index (χ3v) is 8.06. The fourth-order valence-corrected chi connectivity index (χ4v) is 6.09. The first kappa shape index (κ1) is 24.2. The summed E-state index contributed by atoms with van der Waals surface area (Å²) < 4.78 is 6.31. The fourth-order valence-electron chi connectivity index (χ4n) is 6.09. The van der Waals surface area contributed by atoms with Crippen LogP contribution in [-0.4, -0.2) is 0 Å². The minimum absolute atomic E-state index is 0.879. The largest absolute Gasteiger partial charge is 0.456 e. The van der Waals surface area contributed by atoms with Gasteiger partial charge in [-0.15, -0.1) is 0 Å². The van der Waals surface area contributed by atoms with E-state index in [1.165, 1.54) is 33.0 Å². The van der Waals surface area contributed by atoms with Gasteiger partial charge in [0.05, 0.1) is 11.1 Å². The molecule has 1 aromatic heterocycles. The van der Waals surface area contributed by atoms with Gasteiger partial charge < -0.3 is 9.32 Å². The Bertz CT molecular complexity index is 2190. The molecule has 0 saturated carbocycles. The van der Waals surface area contributed by atoms with E-state index in [1.54, 1.807) is 0 Å². The van der Waals surface area contributed by atoms with Crippen molar-refractivity contribution in [3.63, 3.8) is 0 Å². The van der Waals surface area contributed by atoms with Crippen LogP contribution in [0.15, 0.2) is 168 Å². The van der Waals surface area contributed by atoms with E-state index < -0.39 is 0 Å². The summed E-state index contributed by atoms with van der Waals surface area (Å²) in [6.45, 7) is 0. The molecular formula is C40H27NO. The van der Waals surface area contributed by atoms with Crippen LogP contribution in [0.4, 0.5) is 17.1 Å². The third-order valence-electron chi connectivity index (χ3n) is 8.06. The molecule has 8 aromatic rings. The summed E-state index contributed by atoms with van der Waals surface area (Å²) >= 11 is 0. The molecule has 0 aliphatic carbocycles. The Morgan fingerprint density at radius 2 is 1.05 bits per heavy atom. The number of anilines is 3. The molecule has 0 spiro atoms. The average molecular weight is 538 g/mol. The average Bonchev–Trinajstić information content (AvgIpc) is 3.45. The molecule has 0 fully saturated rings. The van der Waals surface area contributed by atoms with Gasteiger partial charge >= 0.3 is 0 Å². The molecule has 0 atom stereocenters. The first-order chi connectivity index (χ1) is 20.8. The Kier molecular flexibility index (Phi) is 5.82. The van der Waals surface area contributed by atoms with Crippen molar-refractivity contribution >= 4 is 49.8 Å². The molecule has 2 nitrogen and oxygen atoms in total. The highest BCUT2D eigenvalue weighted by Gasteiger charge is 2.20. The second-order valence-electron chi connectivity index (χ2n) is 10.6. The van der Waals surface area contributed by atoms with E-state index in [0.717, 1.165) is 39.0 Å². The zero-order valence-electron chi connectivity index (χ0n) is 22.9. The standard InChI is InChI=1S/C40H27NO/c1-2-11-28(12-3-1)29-23-25-32(26-24-29)41(37-20-10-22-39-40(37)36-18-6-7-21-38(36)42-39)33-16-8-15-31(27-33)35-19-9-14-30-13-4-5-17-34(30)35/h1-27H.